The third-order valence-electron chi connectivity index (χ3n) is 4.95. The van der Waals surface area contributed by atoms with Crippen LogP contribution in [0, 0.1) is 6.92 Å². The summed E-state index contributed by atoms with van der Waals surface area (Å²) in [7, 11) is 1.63. The summed E-state index contributed by atoms with van der Waals surface area (Å²) in [6.07, 6.45) is 0.209. The second kappa shape index (κ2) is 10.7. The lowest BCUT2D eigenvalue weighted by Crippen LogP contribution is -2.14. The number of amides is 1. The van der Waals surface area contributed by atoms with Crippen LogP contribution < -0.4 is 20.7 Å². The quantitative estimate of drug-likeness (QED) is 0.286. The Morgan fingerprint density at radius 1 is 0.882 bits per heavy atom. The molecular weight excluding hydrogens is 450 g/mol. The number of halogens is 1. The molecule has 3 N–H and O–H groups in total. The van der Waals surface area contributed by atoms with Crippen molar-refractivity contribution in [1.82, 2.24) is 9.97 Å². The molecule has 1 aromatic heterocycles. The fraction of sp³-hybridized carbons (Fsp3) is 0.115. The van der Waals surface area contributed by atoms with Gasteiger partial charge in [0.15, 0.2) is 0 Å². The summed E-state index contributed by atoms with van der Waals surface area (Å²) in [6, 6.07) is 24.1. The number of nitrogens with one attached hydrogen (secondary N) is 3. The van der Waals surface area contributed by atoms with Crippen molar-refractivity contribution in [2.24, 2.45) is 0 Å². The molecule has 4 aromatic rings. The number of nitrogens with zero attached hydrogens (tertiary/aromatic N) is 2. The van der Waals surface area contributed by atoms with Crippen molar-refractivity contribution in [3.8, 4) is 5.75 Å². The Morgan fingerprint density at radius 3 is 2.24 bits per heavy atom. The SMILES string of the molecule is COc1ccc(Nc2cc(C)nc(Nc3ccc(NC(=O)Cc4ccccc4Cl)cc3)n2)cc1. The molecule has 0 spiro atoms. The van der Waals surface area contributed by atoms with Gasteiger partial charge < -0.3 is 20.7 Å². The smallest absolute Gasteiger partial charge is 0.229 e. The monoisotopic (exact) mass is 473 g/mol. The molecule has 172 valence electrons. The van der Waals surface area contributed by atoms with Crippen LogP contribution in [0.4, 0.5) is 28.8 Å². The van der Waals surface area contributed by atoms with E-state index in [1.807, 2.05) is 79.7 Å². The maximum atomic E-state index is 12.4. The fourth-order valence-corrected chi connectivity index (χ4v) is 3.50. The van der Waals surface area contributed by atoms with E-state index in [1.165, 1.54) is 0 Å². The molecule has 1 amide bonds. The molecule has 0 fully saturated rings. The van der Waals surface area contributed by atoms with Crippen LogP contribution >= 0.6 is 11.6 Å². The van der Waals surface area contributed by atoms with E-state index < -0.39 is 0 Å². The van der Waals surface area contributed by atoms with Crippen molar-refractivity contribution < 1.29 is 9.53 Å². The summed E-state index contributed by atoms with van der Waals surface area (Å²) in [5.41, 5.74) is 3.98. The van der Waals surface area contributed by atoms with Gasteiger partial charge in [-0.05, 0) is 67.1 Å². The molecule has 0 saturated heterocycles. The number of rotatable bonds is 8. The highest BCUT2D eigenvalue weighted by Gasteiger charge is 2.08. The van der Waals surface area contributed by atoms with Gasteiger partial charge in [0.2, 0.25) is 11.9 Å². The van der Waals surface area contributed by atoms with Crippen LogP contribution in [-0.2, 0) is 11.2 Å². The van der Waals surface area contributed by atoms with Gasteiger partial charge in [-0.25, -0.2) is 4.98 Å². The molecule has 34 heavy (non-hydrogen) atoms. The van der Waals surface area contributed by atoms with Crippen LogP contribution in [0.25, 0.3) is 0 Å². The van der Waals surface area contributed by atoms with E-state index in [0.717, 1.165) is 28.4 Å². The van der Waals surface area contributed by atoms with Crippen LogP contribution in [0.5, 0.6) is 5.75 Å². The standard InChI is InChI=1S/C26H24ClN5O2/c1-17-15-24(29-19-11-13-22(34-2)14-12-19)32-26(28-17)31-21-9-7-20(8-10-21)30-25(33)16-18-5-3-4-6-23(18)27/h3-15H,16H2,1-2H3,(H,30,33)(H2,28,29,31,32). The van der Waals surface area contributed by atoms with Crippen LogP contribution in [0.2, 0.25) is 5.02 Å². The Bertz CT molecular complexity index is 1280. The number of benzene rings is 3. The second-order valence-electron chi connectivity index (χ2n) is 7.59. The molecule has 1 heterocycles. The number of hydrogen-bond donors (Lipinski definition) is 3. The molecule has 8 heteroatoms. The predicted octanol–water partition coefficient (Wildman–Crippen LogP) is 6.12. The lowest BCUT2D eigenvalue weighted by molar-refractivity contribution is -0.115. The molecule has 0 bridgehead atoms. The van der Waals surface area contributed by atoms with Crippen LogP contribution in [0.15, 0.2) is 78.9 Å². The average Bonchev–Trinajstić information content (AvgIpc) is 2.82. The Balaban J connectivity index is 1.38. The molecule has 7 nitrogen and oxygen atoms in total. The topological polar surface area (TPSA) is 88.2 Å². The molecule has 0 saturated carbocycles. The minimum atomic E-state index is -0.134. The zero-order chi connectivity index (χ0) is 23.9. The van der Waals surface area contributed by atoms with Crippen molar-refractivity contribution in [3.05, 3.63) is 95.1 Å². The molecule has 0 aliphatic carbocycles. The van der Waals surface area contributed by atoms with Crippen molar-refractivity contribution in [2.75, 3.05) is 23.1 Å². The maximum absolute atomic E-state index is 12.4. The highest BCUT2D eigenvalue weighted by atomic mass is 35.5. The first-order chi connectivity index (χ1) is 16.5. The second-order valence-corrected chi connectivity index (χ2v) is 8.00. The number of carbonyl (C=O) groups is 1. The first-order valence-corrected chi connectivity index (χ1v) is 11.0. The van der Waals surface area contributed by atoms with Crippen LogP contribution in [0.3, 0.4) is 0 Å². The van der Waals surface area contributed by atoms with Gasteiger partial charge in [0.25, 0.3) is 0 Å². The Kier molecular flexibility index (Phi) is 7.25. The summed E-state index contributed by atoms with van der Waals surface area (Å²) in [6.45, 7) is 1.91. The molecule has 0 atom stereocenters. The number of anilines is 5. The lowest BCUT2D eigenvalue weighted by Gasteiger charge is -2.11. The third kappa shape index (κ3) is 6.24. The molecule has 0 radical (unpaired) electrons. The largest absolute Gasteiger partial charge is 0.497 e. The number of ether oxygens (including phenoxy) is 1. The highest BCUT2D eigenvalue weighted by molar-refractivity contribution is 6.31. The van der Waals surface area contributed by atoms with Gasteiger partial charge in [0.1, 0.15) is 11.6 Å². The number of hydrogen-bond acceptors (Lipinski definition) is 6. The van der Waals surface area contributed by atoms with Gasteiger partial charge in [0, 0.05) is 33.8 Å². The van der Waals surface area contributed by atoms with Crippen LogP contribution in [-0.4, -0.2) is 23.0 Å². The van der Waals surface area contributed by atoms with E-state index in [1.54, 1.807) is 13.2 Å². The number of carbonyl (C=O) groups excluding carboxylic acids is 1. The van der Waals surface area contributed by atoms with Gasteiger partial charge in [-0.3, -0.25) is 4.79 Å². The first-order valence-electron chi connectivity index (χ1n) is 10.7. The van der Waals surface area contributed by atoms with E-state index in [2.05, 4.69) is 25.9 Å². The number of methoxy groups -OCH3 is 1. The van der Waals surface area contributed by atoms with Crippen molar-refractivity contribution in [1.29, 1.82) is 0 Å². The normalized spacial score (nSPS) is 10.4. The molecule has 0 aliphatic rings. The van der Waals surface area contributed by atoms with E-state index in [0.29, 0.717) is 22.5 Å². The molecular formula is C26H24ClN5O2. The summed E-state index contributed by atoms with van der Waals surface area (Å²) < 4.78 is 5.19. The third-order valence-corrected chi connectivity index (χ3v) is 5.32. The van der Waals surface area contributed by atoms with Crippen molar-refractivity contribution in [3.63, 3.8) is 0 Å². The Labute approximate surface area is 203 Å². The summed E-state index contributed by atoms with van der Waals surface area (Å²) in [5.74, 6) is 1.79. The van der Waals surface area contributed by atoms with Crippen molar-refractivity contribution in [2.45, 2.75) is 13.3 Å². The van der Waals surface area contributed by atoms with E-state index in [4.69, 9.17) is 16.3 Å². The predicted molar refractivity (Wildman–Crippen MR) is 137 cm³/mol. The van der Waals surface area contributed by atoms with Crippen LogP contribution in [0.1, 0.15) is 11.3 Å². The Hall–Kier alpha value is -4.10. The van der Waals surface area contributed by atoms with E-state index >= 15 is 0 Å². The maximum Gasteiger partial charge on any atom is 0.229 e. The summed E-state index contributed by atoms with van der Waals surface area (Å²) in [5, 5.41) is 9.94. The zero-order valence-corrected chi connectivity index (χ0v) is 19.6. The van der Waals surface area contributed by atoms with Gasteiger partial charge in [-0.1, -0.05) is 29.8 Å². The summed E-state index contributed by atoms with van der Waals surface area (Å²) in [4.78, 5) is 21.4. The fourth-order valence-electron chi connectivity index (χ4n) is 3.30. The van der Waals surface area contributed by atoms with Gasteiger partial charge >= 0.3 is 0 Å². The highest BCUT2D eigenvalue weighted by Crippen LogP contribution is 2.22. The van der Waals surface area contributed by atoms with Gasteiger partial charge in [-0.15, -0.1) is 0 Å². The number of aryl methyl sites for hydroxylation is 1. The Morgan fingerprint density at radius 2 is 1.53 bits per heavy atom. The van der Waals surface area contributed by atoms with Gasteiger partial charge in [0.05, 0.1) is 13.5 Å². The summed E-state index contributed by atoms with van der Waals surface area (Å²) >= 11 is 6.14. The van der Waals surface area contributed by atoms with E-state index in [-0.39, 0.29) is 12.3 Å². The molecule has 0 unspecified atom stereocenters. The first kappa shape index (κ1) is 23.1. The van der Waals surface area contributed by atoms with Crippen molar-refractivity contribution >= 4 is 46.3 Å². The molecule has 4 rings (SSSR count). The minimum Gasteiger partial charge on any atom is -0.497 e. The molecule has 3 aromatic carbocycles. The molecule has 0 aliphatic heterocycles. The number of aromatic nitrogens is 2. The lowest BCUT2D eigenvalue weighted by atomic mass is 10.1. The average molecular weight is 474 g/mol. The van der Waals surface area contributed by atoms with Gasteiger partial charge in [-0.2, -0.15) is 4.98 Å². The van der Waals surface area contributed by atoms with E-state index in [9.17, 15) is 4.79 Å². The minimum absolute atomic E-state index is 0.134. The zero-order valence-electron chi connectivity index (χ0n) is 18.8.